The molecule has 3 aromatic carbocycles. The predicted molar refractivity (Wildman–Crippen MR) is 132 cm³/mol. The molecular formula is C26H19FN2O6S. The second kappa shape index (κ2) is 10.9. The van der Waals surface area contributed by atoms with Crippen molar-refractivity contribution in [3.63, 3.8) is 0 Å². The standard InChI is InChI=1S/C26H19FN2O6S/c27-20-6-1-2-7-21(20)28-23(30)14-29-24(31)22(36-26(29)34)13-16-8-10-19(11-9-16)35-15-17-4-3-5-18(12-17)25(32)33/h1-13H,14-15H2,(H,28,30)(H,32,33). The van der Waals surface area contributed by atoms with Crippen molar-refractivity contribution in [2.75, 3.05) is 11.9 Å². The normalized spacial score (nSPS) is 14.2. The summed E-state index contributed by atoms with van der Waals surface area (Å²) in [6, 6.07) is 18.8. The summed E-state index contributed by atoms with van der Waals surface area (Å²) in [6.07, 6.45) is 1.53. The van der Waals surface area contributed by atoms with Gasteiger partial charge < -0.3 is 15.2 Å². The molecule has 182 valence electrons. The van der Waals surface area contributed by atoms with Gasteiger partial charge >= 0.3 is 5.97 Å². The molecule has 0 spiro atoms. The zero-order valence-corrected chi connectivity index (χ0v) is 19.5. The number of nitrogens with zero attached hydrogens (tertiary/aromatic N) is 1. The fraction of sp³-hybridized carbons (Fsp3) is 0.0769. The van der Waals surface area contributed by atoms with Gasteiger partial charge in [-0.15, -0.1) is 0 Å². The lowest BCUT2D eigenvalue weighted by molar-refractivity contribution is -0.127. The lowest BCUT2D eigenvalue weighted by Gasteiger charge is -2.12. The number of carboxylic acid groups (broad SMARTS) is 1. The fourth-order valence-electron chi connectivity index (χ4n) is 3.30. The Morgan fingerprint density at radius 2 is 1.78 bits per heavy atom. The van der Waals surface area contributed by atoms with E-state index in [0.29, 0.717) is 28.6 Å². The summed E-state index contributed by atoms with van der Waals surface area (Å²) in [5.41, 5.74) is 1.47. The highest BCUT2D eigenvalue weighted by Crippen LogP contribution is 2.32. The second-order valence-corrected chi connectivity index (χ2v) is 8.65. The van der Waals surface area contributed by atoms with Gasteiger partial charge in [-0.1, -0.05) is 36.4 Å². The second-order valence-electron chi connectivity index (χ2n) is 7.66. The fourth-order valence-corrected chi connectivity index (χ4v) is 4.14. The smallest absolute Gasteiger partial charge is 0.335 e. The summed E-state index contributed by atoms with van der Waals surface area (Å²) in [7, 11) is 0. The molecule has 0 aliphatic carbocycles. The quantitative estimate of drug-likeness (QED) is 0.423. The lowest BCUT2D eigenvalue weighted by Crippen LogP contribution is -2.36. The predicted octanol–water partition coefficient (Wildman–Crippen LogP) is 4.78. The Kier molecular flexibility index (Phi) is 7.45. The number of carbonyl (C=O) groups excluding carboxylic acids is 3. The summed E-state index contributed by atoms with van der Waals surface area (Å²) in [6.45, 7) is -0.361. The summed E-state index contributed by atoms with van der Waals surface area (Å²) in [4.78, 5) is 49.2. The number of nitrogens with one attached hydrogen (secondary N) is 1. The topological polar surface area (TPSA) is 113 Å². The van der Waals surface area contributed by atoms with Gasteiger partial charge in [0.05, 0.1) is 16.2 Å². The average molecular weight is 507 g/mol. The molecule has 0 atom stereocenters. The number of benzene rings is 3. The Balaban J connectivity index is 1.36. The van der Waals surface area contributed by atoms with Gasteiger partial charge in [0, 0.05) is 0 Å². The molecule has 0 radical (unpaired) electrons. The maximum Gasteiger partial charge on any atom is 0.335 e. The van der Waals surface area contributed by atoms with Gasteiger partial charge in [-0.2, -0.15) is 0 Å². The number of para-hydroxylation sites is 1. The minimum Gasteiger partial charge on any atom is -0.489 e. The molecule has 1 saturated heterocycles. The molecule has 0 saturated carbocycles. The number of rotatable bonds is 8. The van der Waals surface area contributed by atoms with Crippen molar-refractivity contribution >= 4 is 46.5 Å². The van der Waals surface area contributed by atoms with Crippen LogP contribution in [-0.4, -0.2) is 39.6 Å². The van der Waals surface area contributed by atoms with Crippen molar-refractivity contribution in [1.29, 1.82) is 0 Å². The van der Waals surface area contributed by atoms with E-state index in [1.54, 1.807) is 42.5 Å². The highest BCUT2D eigenvalue weighted by atomic mass is 32.2. The van der Waals surface area contributed by atoms with Crippen LogP contribution >= 0.6 is 11.8 Å². The molecule has 36 heavy (non-hydrogen) atoms. The molecule has 3 aromatic rings. The van der Waals surface area contributed by atoms with Crippen molar-refractivity contribution in [2.24, 2.45) is 0 Å². The van der Waals surface area contributed by atoms with Crippen LogP contribution in [0, 0.1) is 5.82 Å². The van der Waals surface area contributed by atoms with Gasteiger partial charge in [0.15, 0.2) is 0 Å². The highest BCUT2D eigenvalue weighted by Gasteiger charge is 2.36. The molecule has 8 nitrogen and oxygen atoms in total. The van der Waals surface area contributed by atoms with Crippen LogP contribution in [0.3, 0.4) is 0 Å². The van der Waals surface area contributed by atoms with Gasteiger partial charge in [0.25, 0.3) is 11.1 Å². The maximum atomic E-state index is 13.7. The van der Waals surface area contributed by atoms with Crippen LogP contribution in [0.2, 0.25) is 0 Å². The number of aromatic carboxylic acids is 1. The van der Waals surface area contributed by atoms with Gasteiger partial charge in [-0.3, -0.25) is 19.3 Å². The Morgan fingerprint density at radius 1 is 1.03 bits per heavy atom. The first-order valence-corrected chi connectivity index (χ1v) is 11.5. The largest absolute Gasteiger partial charge is 0.489 e. The third-order valence-corrected chi connectivity index (χ3v) is 5.99. The lowest BCUT2D eigenvalue weighted by atomic mass is 10.1. The minimum absolute atomic E-state index is 0.0399. The summed E-state index contributed by atoms with van der Waals surface area (Å²) >= 11 is 0.709. The average Bonchev–Trinajstić information content (AvgIpc) is 3.12. The number of hydrogen-bond donors (Lipinski definition) is 2. The van der Waals surface area contributed by atoms with Crippen molar-refractivity contribution in [3.05, 3.63) is 100 Å². The third-order valence-electron chi connectivity index (χ3n) is 5.08. The van der Waals surface area contributed by atoms with Crippen LogP contribution in [0.15, 0.2) is 77.7 Å². The number of hydrogen-bond acceptors (Lipinski definition) is 6. The van der Waals surface area contributed by atoms with Crippen molar-refractivity contribution in [3.8, 4) is 5.75 Å². The van der Waals surface area contributed by atoms with Crippen molar-refractivity contribution < 1.29 is 33.4 Å². The molecule has 1 fully saturated rings. The summed E-state index contributed by atoms with van der Waals surface area (Å²) < 4.78 is 19.4. The molecular weight excluding hydrogens is 487 g/mol. The first-order valence-electron chi connectivity index (χ1n) is 10.6. The van der Waals surface area contributed by atoms with E-state index in [-0.39, 0.29) is 22.8 Å². The van der Waals surface area contributed by atoms with Gasteiger partial charge in [0.1, 0.15) is 24.7 Å². The van der Waals surface area contributed by atoms with Crippen molar-refractivity contribution in [2.45, 2.75) is 6.61 Å². The minimum atomic E-state index is -1.02. The number of anilines is 1. The van der Waals surface area contributed by atoms with Crippen LogP contribution < -0.4 is 10.1 Å². The molecule has 1 aliphatic rings. The van der Waals surface area contributed by atoms with Gasteiger partial charge in [-0.25, -0.2) is 9.18 Å². The zero-order chi connectivity index (χ0) is 25.7. The third kappa shape index (κ3) is 5.97. The number of carboxylic acids is 1. The van der Waals surface area contributed by atoms with E-state index in [2.05, 4.69) is 5.32 Å². The molecule has 0 unspecified atom stereocenters. The molecule has 1 aliphatic heterocycles. The number of carbonyl (C=O) groups is 4. The van der Waals surface area contributed by atoms with E-state index in [1.165, 1.54) is 36.4 Å². The SMILES string of the molecule is O=C(CN1C(=O)SC(=Cc2ccc(OCc3cccc(C(=O)O)c3)cc2)C1=O)Nc1ccccc1F. The van der Waals surface area contributed by atoms with Crippen LogP contribution in [-0.2, 0) is 16.2 Å². The highest BCUT2D eigenvalue weighted by molar-refractivity contribution is 8.18. The van der Waals surface area contributed by atoms with E-state index in [1.807, 2.05) is 0 Å². The Morgan fingerprint density at radius 3 is 2.50 bits per heavy atom. The van der Waals surface area contributed by atoms with E-state index < -0.39 is 35.4 Å². The van der Waals surface area contributed by atoms with E-state index in [4.69, 9.17) is 9.84 Å². The number of amides is 3. The number of halogens is 1. The first-order chi connectivity index (χ1) is 17.3. The van der Waals surface area contributed by atoms with Crippen LogP contribution in [0.4, 0.5) is 14.9 Å². The molecule has 4 rings (SSSR count). The molecule has 10 heteroatoms. The van der Waals surface area contributed by atoms with Gasteiger partial charge in [-0.05, 0) is 65.4 Å². The Hall–Kier alpha value is -4.44. The van der Waals surface area contributed by atoms with Crippen LogP contribution in [0.1, 0.15) is 21.5 Å². The Labute approximate surface area is 209 Å². The van der Waals surface area contributed by atoms with Crippen LogP contribution in [0.5, 0.6) is 5.75 Å². The molecule has 3 amide bonds. The Bertz CT molecular complexity index is 1370. The molecule has 2 N–H and O–H groups in total. The summed E-state index contributed by atoms with van der Waals surface area (Å²) in [5.74, 6) is -2.42. The van der Waals surface area contributed by atoms with E-state index in [9.17, 15) is 23.6 Å². The first kappa shape index (κ1) is 24.7. The number of ether oxygens (including phenoxy) is 1. The molecule has 0 bridgehead atoms. The number of thioether (sulfide) groups is 1. The van der Waals surface area contributed by atoms with E-state index >= 15 is 0 Å². The summed E-state index contributed by atoms with van der Waals surface area (Å²) in [5, 5.41) is 10.8. The molecule has 1 heterocycles. The van der Waals surface area contributed by atoms with Gasteiger partial charge in [0.2, 0.25) is 5.91 Å². The monoisotopic (exact) mass is 506 g/mol. The number of imide groups is 1. The van der Waals surface area contributed by atoms with Crippen LogP contribution in [0.25, 0.3) is 6.08 Å². The molecule has 0 aromatic heterocycles. The maximum absolute atomic E-state index is 13.7. The van der Waals surface area contributed by atoms with E-state index in [0.717, 1.165) is 4.90 Å². The zero-order valence-electron chi connectivity index (χ0n) is 18.6. The van der Waals surface area contributed by atoms with Crippen molar-refractivity contribution in [1.82, 2.24) is 4.90 Å².